The Kier molecular flexibility index (Phi) is 4.30. The molecule has 1 fully saturated rings. The first-order valence-corrected chi connectivity index (χ1v) is 8.57. The van der Waals surface area contributed by atoms with Gasteiger partial charge in [-0.15, -0.1) is 11.8 Å². The van der Waals surface area contributed by atoms with Gasteiger partial charge in [0.15, 0.2) is 5.78 Å². The summed E-state index contributed by atoms with van der Waals surface area (Å²) in [5, 5.41) is 0. The Morgan fingerprint density at radius 3 is 2.77 bits per heavy atom. The van der Waals surface area contributed by atoms with E-state index in [1.807, 2.05) is 30.3 Å². The van der Waals surface area contributed by atoms with Crippen molar-refractivity contribution in [3.8, 4) is 5.75 Å². The van der Waals surface area contributed by atoms with Crippen LogP contribution in [0.25, 0.3) is 0 Å². The van der Waals surface area contributed by atoms with Crippen LogP contribution in [0.3, 0.4) is 0 Å². The minimum absolute atomic E-state index is 0.202. The highest BCUT2D eigenvalue weighted by Gasteiger charge is 2.28. The second-order valence-electron chi connectivity index (χ2n) is 5.78. The summed E-state index contributed by atoms with van der Waals surface area (Å²) in [6, 6.07) is 10.5. The van der Waals surface area contributed by atoms with Crippen LogP contribution in [0, 0.1) is 13.8 Å². The fourth-order valence-corrected chi connectivity index (χ4v) is 3.70. The number of thioether (sulfide) groups is 1. The van der Waals surface area contributed by atoms with E-state index in [-0.39, 0.29) is 5.78 Å². The first-order valence-electron chi connectivity index (χ1n) is 7.58. The van der Waals surface area contributed by atoms with E-state index in [4.69, 9.17) is 4.74 Å². The molecule has 0 amide bonds. The summed E-state index contributed by atoms with van der Waals surface area (Å²) >= 11 is 1.56. The predicted octanol–water partition coefficient (Wildman–Crippen LogP) is 4.42. The molecule has 3 rings (SSSR count). The van der Waals surface area contributed by atoms with E-state index >= 15 is 0 Å². The number of carbonyl (C=O) groups excluding carboxylic acids is 1. The van der Waals surface area contributed by atoms with Crippen LogP contribution >= 0.6 is 11.8 Å². The van der Waals surface area contributed by atoms with Crippen LogP contribution < -0.4 is 4.74 Å². The van der Waals surface area contributed by atoms with E-state index in [9.17, 15) is 4.79 Å². The zero-order chi connectivity index (χ0) is 15.7. The normalized spacial score (nSPS) is 14.1. The van der Waals surface area contributed by atoms with Gasteiger partial charge in [0.05, 0.1) is 12.9 Å². The predicted molar refractivity (Wildman–Crippen MR) is 90.2 cm³/mol. The molecule has 116 valence electrons. The van der Waals surface area contributed by atoms with Crippen molar-refractivity contribution in [1.29, 1.82) is 0 Å². The Balaban J connectivity index is 1.70. The number of Topliss-reactive ketones (excluding diaryl/α,β-unsaturated/α-hetero) is 1. The number of carbonyl (C=O) groups is 1. The number of rotatable bonds is 6. The number of nitrogens with zero attached hydrogens (tertiary/aromatic N) is 1. The van der Waals surface area contributed by atoms with Gasteiger partial charge in [0.2, 0.25) is 0 Å². The van der Waals surface area contributed by atoms with Gasteiger partial charge in [-0.05, 0) is 51.0 Å². The maximum Gasteiger partial charge on any atom is 0.174 e. The summed E-state index contributed by atoms with van der Waals surface area (Å²) in [6.07, 6.45) is 2.48. The first kappa shape index (κ1) is 15.2. The van der Waals surface area contributed by atoms with Gasteiger partial charge in [-0.25, -0.2) is 0 Å². The number of benzene rings is 1. The number of aromatic nitrogens is 1. The van der Waals surface area contributed by atoms with Crippen molar-refractivity contribution in [1.82, 2.24) is 4.57 Å². The molecule has 0 unspecified atom stereocenters. The fraction of sp³-hybridized carbons (Fsp3) is 0.389. The van der Waals surface area contributed by atoms with Crippen molar-refractivity contribution in [2.24, 2.45) is 0 Å². The quantitative estimate of drug-likeness (QED) is 0.584. The minimum Gasteiger partial charge on any atom is -0.497 e. The number of ether oxygens (including phenoxy) is 1. The van der Waals surface area contributed by atoms with Gasteiger partial charge in [-0.2, -0.15) is 0 Å². The molecule has 0 N–H and O–H groups in total. The molecular formula is C18H21NO2S. The Labute approximate surface area is 135 Å². The van der Waals surface area contributed by atoms with E-state index < -0.39 is 0 Å². The zero-order valence-corrected chi connectivity index (χ0v) is 14.1. The average Bonchev–Trinajstić information content (AvgIpc) is 3.30. The molecule has 1 aliphatic rings. The Bertz CT molecular complexity index is 701. The molecule has 2 aromatic rings. The highest BCUT2D eigenvalue weighted by atomic mass is 32.2. The molecule has 1 heterocycles. The van der Waals surface area contributed by atoms with Crippen LogP contribution in [0.5, 0.6) is 5.75 Å². The van der Waals surface area contributed by atoms with Gasteiger partial charge in [0, 0.05) is 27.9 Å². The minimum atomic E-state index is 0.202. The van der Waals surface area contributed by atoms with E-state index in [0.29, 0.717) is 11.8 Å². The van der Waals surface area contributed by atoms with Gasteiger partial charge in [0.1, 0.15) is 5.75 Å². The highest BCUT2D eigenvalue weighted by molar-refractivity contribution is 8.00. The summed E-state index contributed by atoms with van der Waals surface area (Å²) in [5.41, 5.74) is 3.20. The van der Waals surface area contributed by atoms with E-state index in [2.05, 4.69) is 18.4 Å². The monoisotopic (exact) mass is 315 g/mol. The third kappa shape index (κ3) is 3.07. The number of ketones is 1. The maximum absolute atomic E-state index is 12.5. The lowest BCUT2D eigenvalue weighted by Crippen LogP contribution is -2.05. The van der Waals surface area contributed by atoms with Crippen molar-refractivity contribution in [3.63, 3.8) is 0 Å². The summed E-state index contributed by atoms with van der Waals surface area (Å²) < 4.78 is 7.54. The van der Waals surface area contributed by atoms with Crippen LogP contribution in [0.15, 0.2) is 35.2 Å². The number of methoxy groups -OCH3 is 1. The molecule has 0 spiro atoms. The van der Waals surface area contributed by atoms with Crippen molar-refractivity contribution < 1.29 is 9.53 Å². The fourth-order valence-electron chi connectivity index (χ4n) is 2.87. The molecule has 3 nitrogen and oxygen atoms in total. The Morgan fingerprint density at radius 1 is 1.32 bits per heavy atom. The highest BCUT2D eigenvalue weighted by Crippen LogP contribution is 2.38. The van der Waals surface area contributed by atoms with Gasteiger partial charge in [-0.1, -0.05) is 6.07 Å². The molecule has 0 aliphatic heterocycles. The molecule has 1 aromatic carbocycles. The standard InChI is InChI=1S/C18H21NO2S/c1-12-9-17(13(2)19(12)14-7-8-14)18(20)11-22-16-6-4-5-15(10-16)21-3/h4-6,9-10,14H,7-8,11H2,1-3H3. The molecule has 1 saturated carbocycles. The number of aryl methyl sites for hydroxylation is 1. The number of hydrogen-bond acceptors (Lipinski definition) is 3. The lowest BCUT2D eigenvalue weighted by molar-refractivity contribution is 0.102. The maximum atomic E-state index is 12.5. The van der Waals surface area contributed by atoms with Crippen molar-refractivity contribution >= 4 is 17.5 Å². The zero-order valence-electron chi connectivity index (χ0n) is 13.3. The first-order chi connectivity index (χ1) is 10.6. The molecule has 0 saturated heterocycles. The molecule has 4 heteroatoms. The topological polar surface area (TPSA) is 31.2 Å². The smallest absolute Gasteiger partial charge is 0.174 e. The molecule has 0 radical (unpaired) electrons. The van der Waals surface area contributed by atoms with Crippen molar-refractivity contribution in [2.45, 2.75) is 37.6 Å². The second-order valence-corrected chi connectivity index (χ2v) is 6.83. The Morgan fingerprint density at radius 2 is 2.09 bits per heavy atom. The van der Waals surface area contributed by atoms with Gasteiger partial charge in [0.25, 0.3) is 0 Å². The van der Waals surface area contributed by atoms with E-state index in [1.165, 1.54) is 18.5 Å². The van der Waals surface area contributed by atoms with Crippen LogP contribution in [0.2, 0.25) is 0 Å². The largest absolute Gasteiger partial charge is 0.497 e. The lowest BCUT2D eigenvalue weighted by Gasteiger charge is -2.07. The summed E-state index contributed by atoms with van der Waals surface area (Å²) in [6.45, 7) is 4.16. The Hall–Kier alpha value is -1.68. The molecule has 22 heavy (non-hydrogen) atoms. The second kappa shape index (κ2) is 6.21. The summed E-state index contributed by atoms with van der Waals surface area (Å²) in [7, 11) is 1.65. The van der Waals surface area contributed by atoms with E-state index in [0.717, 1.165) is 21.9 Å². The molecule has 1 aliphatic carbocycles. The lowest BCUT2D eigenvalue weighted by atomic mass is 10.2. The summed E-state index contributed by atoms with van der Waals surface area (Å²) in [5.74, 6) is 1.49. The van der Waals surface area contributed by atoms with Crippen LogP contribution in [0.1, 0.15) is 40.6 Å². The van der Waals surface area contributed by atoms with E-state index in [1.54, 1.807) is 18.9 Å². The van der Waals surface area contributed by atoms with Crippen LogP contribution in [-0.4, -0.2) is 23.2 Å². The SMILES string of the molecule is COc1cccc(SCC(=O)c2cc(C)n(C3CC3)c2C)c1. The summed E-state index contributed by atoms with van der Waals surface area (Å²) in [4.78, 5) is 13.6. The molecule has 0 bridgehead atoms. The average molecular weight is 315 g/mol. The number of hydrogen-bond donors (Lipinski definition) is 0. The third-order valence-electron chi connectivity index (χ3n) is 4.11. The van der Waals surface area contributed by atoms with Gasteiger partial charge < -0.3 is 9.30 Å². The molecule has 1 aromatic heterocycles. The van der Waals surface area contributed by atoms with Crippen molar-refractivity contribution in [2.75, 3.05) is 12.9 Å². The third-order valence-corrected chi connectivity index (χ3v) is 5.10. The van der Waals surface area contributed by atoms with Crippen LogP contribution in [0.4, 0.5) is 0 Å². The molecular weight excluding hydrogens is 294 g/mol. The van der Waals surface area contributed by atoms with Crippen LogP contribution in [-0.2, 0) is 0 Å². The van der Waals surface area contributed by atoms with Gasteiger partial charge in [-0.3, -0.25) is 4.79 Å². The van der Waals surface area contributed by atoms with Gasteiger partial charge >= 0.3 is 0 Å². The molecule has 0 atom stereocenters. The van der Waals surface area contributed by atoms with Crippen molar-refractivity contribution in [3.05, 3.63) is 47.3 Å².